The fourth-order valence-corrected chi connectivity index (χ4v) is 3.87. The Morgan fingerprint density at radius 1 is 1.20 bits per heavy atom. The molecule has 0 saturated carbocycles. The third kappa shape index (κ3) is 4.16. The van der Waals surface area contributed by atoms with E-state index in [4.69, 9.17) is 5.73 Å². The molecule has 7 heteroatoms. The molecule has 1 saturated heterocycles. The van der Waals surface area contributed by atoms with Gasteiger partial charge in [-0.2, -0.15) is 4.37 Å². The summed E-state index contributed by atoms with van der Waals surface area (Å²) in [4.78, 5) is 21.5. The zero-order chi connectivity index (χ0) is 17.8. The third-order valence-corrected chi connectivity index (χ3v) is 5.58. The molecule has 2 N–H and O–H groups in total. The molecule has 0 aliphatic carbocycles. The quantitative estimate of drug-likeness (QED) is 0.906. The number of amides is 1. The zero-order valence-electron chi connectivity index (χ0n) is 14.8. The summed E-state index contributed by atoms with van der Waals surface area (Å²) in [5.41, 5.74) is 7.34. The van der Waals surface area contributed by atoms with Crippen molar-refractivity contribution < 1.29 is 4.79 Å². The van der Waals surface area contributed by atoms with Gasteiger partial charge in [-0.1, -0.05) is 37.3 Å². The summed E-state index contributed by atoms with van der Waals surface area (Å²) in [6, 6.07) is 9.56. The number of carbonyl (C=O) groups excluding carboxylic acids is 1. The average molecular weight is 359 g/mol. The van der Waals surface area contributed by atoms with E-state index < -0.39 is 0 Å². The Kier molecular flexibility index (Phi) is 5.65. The molecule has 25 heavy (non-hydrogen) atoms. The van der Waals surface area contributed by atoms with Crippen LogP contribution >= 0.6 is 11.5 Å². The van der Waals surface area contributed by atoms with E-state index in [0.29, 0.717) is 6.54 Å². The van der Waals surface area contributed by atoms with E-state index in [1.807, 2.05) is 49.1 Å². The van der Waals surface area contributed by atoms with Gasteiger partial charge in [0.25, 0.3) is 0 Å². The van der Waals surface area contributed by atoms with Gasteiger partial charge >= 0.3 is 0 Å². The Labute approximate surface area is 152 Å². The monoisotopic (exact) mass is 359 g/mol. The van der Waals surface area contributed by atoms with Crippen LogP contribution in [0.2, 0.25) is 0 Å². The fourth-order valence-electron chi connectivity index (χ4n) is 3.15. The van der Waals surface area contributed by atoms with E-state index in [9.17, 15) is 4.79 Å². The van der Waals surface area contributed by atoms with Crippen molar-refractivity contribution in [3.8, 4) is 0 Å². The van der Waals surface area contributed by atoms with Gasteiger partial charge in [0.05, 0.1) is 5.92 Å². The van der Waals surface area contributed by atoms with E-state index >= 15 is 0 Å². The van der Waals surface area contributed by atoms with Crippen molar-refractivity contribution in [1.29, 1.82) is 0 Å². The predicted molar refractivity (Wildman–Crippen MR) is 101 cm³/mol. The van der Waals surface area contributed by atoms with Crippen molar-refractivity contribution in [2.45, 2.75) is 26.3 Å². The number of hydrogen-bond donors (Lipinski definition) is 1. The summed E-state index contributed by atoms with van der Waals surface area (Å²) < 4.78 is 4.25. The van der Waals surface area contributed by atoms with Gasteiger partial charge in [0.1, 0.15) is 5.82 Å². The predicted octanol–water partition coefficient (Wildman–Crippen LogP) is 2.22. The van der Waals surface area contributed by atoms with Gasteiger partial charge < -0.3 is 15.5 Å². The largest absolute Gasteiger partial charge is 0.345 e. The minimum atomic E-state index is -0.279. The summed E-state index contributed by atoms with van der Waals surface area (Å²) >= 11 is 1.42. The van der Waals surface area contributed by atoms with Crippen molar-refractivity contribution in [2.75, 3.05) is 31.1 Å². The number of rotatable bonds is 4. The summed E-state index contributed by atoms with van der Waals surface area (Å²) in [6.07, 6.45) is 0.928. The lowest BCUT2D eigenvalue weighted by Gasteiger charge is -2.27. The minimum Gasteiger partial charge on any atom is -0.345 e. The highest BCUT2D eigenvalue weighted by atomic mass is 32.1. The molecule has 0 spiro atoms. The molecular weight excluding hydrogens is 334 g/mol. The van der Waals surface area contributed by atoms with E-state index in [0.717, 1.165) is 42.6 Å². The molecule has 2 atom stereocenters. The van der Waals surface area contributed by atoms with Crippen LogP contribution in [0.3, 0.4) is 0 Å². The number of anilines is 1. The van der Waals surface area contributed by atoms with Crippen LogP contribution in [0.5, 0.6) is 0 Å². The summed E-state index contributed by atoms with van der Waals surface area (Å²) in [7, 11) is 0. The van der Waals surface area contributed by atoms with E-state index in [1.165, 1.54) is 11.5 Å². The van der Waals surface area contributed by atoms with Crippen LogP contribution in [0.25, 0.3) is 0 Å². The maximum absolute atomic E-state index is 12.9. The number of carbonyl (C=O) groups is 1. The normalized spacial score (nSPS) is 17.9. The average Bonchev–Trinajstić information content (AvgIpc) is 2.93. The van der Waals surface area contributed by atoms with Gasteiger partial charge in [-0.3, -0.25) is 4.79 Å². The van der Waals surface area contributed by atoms with Crippen molar-refractivity contribution in [1.82, 2.24) is 14.3 Å². The van der Waals surface area contributed by atoms with E-state index in [1.54, 1.807) is 0 Å². The molecule has 0 radical (unpaired) electrons. The van der Waals surface area contributed by atoms with Crippen LogP contribution in [0, 0.1) is 12.8 Å². The molecule has 6 nitrogen and oxygen atoms in total. The second-order valence-corrected chi connectivity index (χ2v) is 7.25. The topological polar surface area (TPSA) is 75.4 Å². The number of nitrogens with two attached hydrogens (primary N) is 1. The minimum absolute atomic E-state index is 0.131. The Morgan fingerprint density at radius 3 is 2.64 bits per heavy atom. The van der Waals surface area contributed by atoms with Crippen molar-refractivity contribution >= 4 is 22.6 Å². The number of nitrogens with zero attached hydrogens (tertiary/aromatic N) is 4. The smallest absolute Gasteiger partial charge is 0.227 e. The molecule has 1 amide bonds. The summed E-state index contributed by atoms with van der Waals surface area (Å²) in [5, 5.41) is 0.945. The molecule has 0 bridgehead atoms. The lowest BCUT2D eigenvalue weighted by atomic mass is 9.94. The third-order valence-electron chi connectivity index (χ3n) is 4.71. The summed E-state index contributed by atoms with van der Waals surface area (Å²) in [6.45, 7) is 6.98. The molecule has 1 aromatic carbocycles. The Morgan fingerprint density at radius 2 is 1.96 bits per heavy atom. The number of aryl methyl sites for hydroxylation is 1. The summed E-state index contributed by atoms with van der Waals surface area (Å²) in [5.74, 6) is 0.698. The van der Waals surface area contributed by atoms with Crippen LogP contribution in [-0.4, -0.2) is 46.3 Å². The molecule has 2 aromatic rings. The maximum atomic E-state index is 12.9. The lowest BCUT2D eigenvalue weighted by molar-refractivity contribution is -0.135. The SMILES string of the molecule is Cc1nsc(N2CCCN(C(=O)C(C)C(N)c3ccccc3)CC2)n1. The molecule has 134 valence electrons. The first-order valence-electron chi connectivity index (χ1n) is 8.71. The molecule has 1 aromatic heterocycles. The van der Waals surface area contributed by atoms with Crippen LogP contribution in [-0.2, 0) is 4.79 Å². The van der Waals surface area contributed by atoms with Gasteiger partial charge in [-0.25, -0.2) is 4.98 Å². The first kappa shape index (κ1) is 17.8. The molecule has 2 heterocycles. The van der Waals surface area contributed by atoms with Crippen LogP contribution in [0.4, 0.5) is 5.13 Å². The lowest BCUT2D eigenvalue weighted by Crippen LogP contribution is -2.41. The molecule has 1 fully saturated rings. The zero-order valence-corrected chi connectivity index (χ0v) is 15.6. The highest BCUT2D eigenvalue weighted by Gasteiger charge is 2.28. The maximum Gasteiger partial charge on any atom is 0.227 e. The Bertz CT molecular complexity index is 705. The fraction of sp³-hybridized carbons (Fsp3) is 0.500. The first-order valence-corrected chi connectivity index (χ1v) is 9.48. The van der Waals surface area contributed by atoms with E-state index in [2.05, 4.69) is 14.3 Å². The molecule has 1 aliphatic rings. The number of hydrogen-bond acceptors (Lipinski definition) is 6. The molecule has 1 aliphatic heterocycles. The standard InChI is InChI=1S/C18H25N5OS/c1-13(16(19)15-7-4-3-5-8-15)17(24)22-9-6-10-23(12-11-22)18-20-14(2)21-25-18/h3-5,7-8,13,16H,6,9-12,19H2,1-2H3. The molecule has 2 unspecified atom stereocenters. The van der Waals surface area contributed by atoms with Gasteiger partial charge in [0.2, 0.25) is 11.0 Å². The number of benzene rings is 1. The Hall–Kier alpha value is -1.99. The molecular formula is C18H25N5OS. The first-order chi connectivity index (χ1) is 12.1. The van der Waals surface area contributed by atoms with Gasteiger partial charge in [0.15, 0.2) is 0 Å². The molecule has 3 rings (SSSR count). The van der Waals surface area contributed by atoms with Gasteiger partial charge in [-0.05, 0) is 18.9 Å². The van der Waals surface area contributed by atoms with Gasteiger partial charge in [0, 0.05) is 43.8 Å². The number of aromatic nitrogens is 2. The Balaban J connectivity index is 1.62. The van der Waals surface area contributed by atoms with Crippen LogP contribution in [0.15, 0.2) is 30.3 Å². The second kappa shape index (κ2) is 7.93. The van der Waals surface area contributed by atoms with Crippen molar-refractivity contribution in [3.05, 3.63) is 41.7 Å². The van der Waals surface area contributed by atoms with Crippen molar-refractivity contribution in [2.24, 2.45) is 11.7 Å². The highest BCUT2D eigenvalue weighted by Crippen LogP contribution is 2.23. The van der Waals surface area contributed by atoms with Gasteiger partial charge in [-0.15, -0.1) is 0 Å². The van der Waals surface area contributed by atoms with Crippen molar-refractivity contribution in [3.63, 3.8) is 0 Å². The highest BCUT2D eigenvalue weighted by molar-refractivity contribution is 7.09. The van der Waals surface area contributed by atoms with E-state index in [-0.39, 0.29) is 17.9 Å². The van der Waals surface area contributed by atoms with Crippen LogP contribution in [0.1, 0.15) is 30.8 Å². The van der Waals surface area contributed by atoms with Crippen LogP contribution < -0.4 is 10.6 Å². The second-order valence-electron chi connectivity index (χ2n) is 6.52.